The molecule has 0 saturated carbocycles. The predicted octanol–water partition coefficient (Wildman–Crippen LogP) is 1.04. The van der Waals surface area contributed by atoms with Crippen molar-refractivity contribution in [1.29, 1.82) is 0 Å². The van der Waals surface area contributed by atoms with Crippen LogP contribution >= 0.6 is 11.8 Å². The molecule has 1 aromatic heterocycles. The molecule has 0 spiro atoms. The number of aromatic amines is 1. The Kier molecular flexibility index (Phi) is 4.82. The molecule has 1 unspecified atom stereocenters. The molecule has 5 nitrogen and oxygen atoms in total. The van der Waals surface area contributed by atoms with Gasteiger partial charge in [-0.25, -0.2) is 4.98 Å². The summed E-state index contributed by atoms with van der Waals surface area (Å²) in [6.07, 6.45) is 3.44. The SMILES string of the molecule is CCOC(=O)C(C)(CSc1ncc[nH]1)NC. The van der Waals surface area contributed by atoms with Gasteiger partial charge in [-0.2, -0.15) is 0 Å². The topological polar surface area (TPSA) is 67.0 Å². The molecule has 0 aliphatic rings. The lowest BCUT2D eigenvalue weighted by molar-refractivity contribution is -0.149. The molecule has 2 N–H and O–H groups in total. The lowest BCUT2D eigenvalue weighted by atomic mass is 10.1. The van der Waals surface area contributed by atoms with E-state index in [0.29, 0.717) is 12.4 Å². The minimum Gasteiger partial charge on any atom is -0.465 e. The number of nitrogens with one attached hydrogen (secondary N) is 2. The Labute approximate surface area is 99.4 Å². The summed E-state index contributed by atoms with van der Waals surface area (Å²) in [4.78, 5) is 18.8. The summed E-state index contributed by atoms with van der Waals surface area (Å²) < 4.78 is 5.02. The fourth-order valence-corrected chi connectivity index (χ4v) is 2.04. The first-order valence-corrected chi connectivity index (χ1v) is 6.09. The van der Waals surface area contributed by atoms with Gasteiger partial charge in [-0.3, -0.25) is 4.79 Å². The van der Waals surface area contributed by atoms with Gasteiger partial charge in [-0.1, -0.05) is 11.8 Å². The van der Waals surface area contributed by atoms with Gasteiger partial charge in [0.25, 0.3) is 0 Å². The Bertz CT molecular complexity index is 329. The highest BCUT2D eigenvalue weighted by atomic mass is 32.2. The van der Waals surface area contributed by atoms with Crippen LogP contribution in [0.4, 0.5) is 0 Å². The fraction of sp³-hybridized carbons (Fsp3) is 0.600. The minimum absolute atomic E-state index is 0.239. The Balaban J connectivity index is 2.56. The molecular formula is C10H17N3O2S. The molecule has 0 radical (unpaired) electrons. The number of likely N-dealkylation sites (N-methyl/N-ethyl adjacent to an activating group) is 1. The van der Waals surface area contributed by atoms with E-state index in [1.165, 1.54) is 11.8 Å². The number of hydrogen-bond acceptors (Lipinski definition) is 5. The molecule has 6 heteroatoms. The largest absolute Gasteiger partial charge is 0.465 e. The van der Waals surface area contributed by atoms with Gasteiger partial charge in [0, 0.05) is 18.1 Å². The maximum Gasteiger partial charge on any atom is 0.326 e. The second kappa shape index (κ2) is 5.91. The molecule has 1 heterocycles. The quantitative estimate of drug-likeness (QED) is 0.577. The minimum atomic E-state index is -0.687. The van der Waals surface area contributed by atoms with Gasteiger partial charge in [0.1, 0.15) is 5.54 Å². The predicted molar refractivity (Wildman–Crippen MR) is 63.4 cm³/mol. The Hall–Kier alpha value is -1.01. The Morgan fingerprint density at radius 1 is 1.75 bits per heavy atom. The standard InChI is InChI=1S/C10H17N3O2S/c1-4-15-8(14)10(2,11-3)7-16-9-12-5-6-13-9/h5-6,11H,4,7H2,1-3H3,(H,12,13). The highest BCUT2D eigenvalue weighted by molar-refractivity contribution is 7.99. The van der Waals surface area contributed by atoms with E-state index in [1.54, 1.807) is 26.4 Å². The van der Waals surface area contributed by atoms with Crippen molar-refractivity contribution in [2.24, 2.45) is 0 Å². The van der Waals surface area contributed by atoms with Crippen LogP contribution in [0, 0.1) is 0 Å². The van der Waals surface area contributed by atoms with Crippen LogP contribution in [-0.2, 0) is 9.53 Å². The molecule has 90 valence electrons. The van der Waals surface area contributed by atoms with Crippen LogP contribution in [-0.4, -0.2) is 40.9 Å². The van der Waals surface area contributed by atoms with Crippen molar-refractivity contribution in [1.82, 2.24) is 15.3 Å². The number of rotatable bonds is 6. The molecule has 0 aliphatic heterocycles. The normalized spacial score (nSPS) is 14.4. The summed E-state index contributed by atoms with van der Waals surface area (Å²) in [5, 5.41) is 3.79. The van der Waals surface area contributed by atoms with Gasteiger partial charge in [0.2, 0.25) is 0 Å². The van der Waals surface area contributed by atoms with Crippen LogP contribution < -0.4 is 5.32 Å². The smallest absolute Gasteiger partial charge is 0.326 e. The number of imidazole rings is 1. The van der Waals surface area contributed by atoms with Crippen molar-refractivity contribution >= 4 is 17.7 Å². The summed E-state index contributed by atoms with van der Waals surface area (Å²) in [6, 6.07) is 0. The summed E-state index contributed by atoms with van der Waals surface area (Å²) in [5.41, 5.74) is -0.687. The molecule has 1 atom stereocenters. The van der Waals surface area contributed by atoms with E-state index in [-0.39, 0.29) is 5.97 Å². The number of thioether (sulfide) groups is 1. The van der Waals surface area contributed by atoms with Gasteiger partial charge in [-0.15, -0.1) is 0 Å². The second-order valence-corrected chi connectivity index (χ2v) is 4.45. The van der Waals surface area contributed by atoms with Gasteiger partial charge >= 0.3 is 5.97 Å². The summed E-state index contributed by atoms with van der Waals surface area (Å²) in [6.45, 7) is 4.01. The number of nitrogens with zero attached hydrogens (tertiary/aromatic N) is 1. The van der Waals surface area contributed by atoms with E-state index < -0.39 is 5.54 Å². The van der Waals surface area contributed by atoms with Gasteiger partial charge in [0.05, 0.1) is 6.61 Å². The summed E-state index contributed by atoms with van der Waals surface area (Å²) in [7, 11) is 1.75. The zero-order chi connectivity index (χ0) is 12.0. The van der Waals surface area contributed by atoms with Crippen LogP contribution in [0.3, 0.4) is 0 Å². The molecule has 1 aromatic rings. The van der Waals surface area contributed by atoms with Crippen molar-refractivity contribution in [3.63, 3.8) is 0 Å². The van der Waals surface area contributed by atoms with E-state index in [9.17, 15) is 4.79 Å². The van der Waals surface area contributed by atoms with Crippen LogP contribution in [0.2, 0.25) is 0 Å². The van der Waals surface area contributed by atoms with Gasteiger partial charge in [-0.05, 0) is 20.9 Å². The average Bonchev–Trinajstić information content (AvgIpc) is 2.79. The van der Waals surface area contributed by atoms with Crippen LogP contribution in [0.15, 0.2) is 17.6 Å². The zero-order valence-corrected chi connectivity index (χ0v) is 10.6. The van der Waals surface area contributed by atoms with Crippen molar-refractivity contribution < 1.29 is 9.53 Å². The number of aromatic nitrogens is 2. The highest BCUT2D eigenvalue weighted by Crippen LogP contribution is 2.19. The van der Waals surface area contributed by atoms with E-state index in [4.69, 9.17) is 4.74 Å². The van der Waals surface area contributed by atoms with E-state index >= 15 is 0 Å². The monoisotopic (exact) mass is 243 g/mol. The average molecular weight is 243 g/mol. The van der Waals surface area contributed by atoms with Crippen molar-refractivity contribution in [3.05, 3.63) is 12.4 Å². The molecule has 0 fully saturated rings. The van der Waals surface area contributed by atoms with Gasteiger partial charge in [0.15, 0.2) is 5.16 Å². The summed E-state index contributed by atoms with van der Waals surface area (Å²) >= 11 is 1.48. The molecule has 16 heavy (non-hydrogen) atoms. The van der Waals surface area contributed by atoms with Crippen LogP contribution in [0.5, 0.6) is 0 Å². The first-order valence-electron chi connectivity index (χ1n) is 5.10. The maximum absolute atomic E-state index is 11.7. The first-order chi connectivity index (χ1) is 7.62. The number of H-pyrrole nitrogens is 1. The van der Waals surface area contributed by atoms with E-state index in [0.717, 1.165) is 5.16 Å². The molecular weight excluding hydrogens is 226 g/mol. The Morgan fingerprint density at radius 2 is 2.50 bits per heavy atom. The van der Waals surface area contributed by atoms with Crippen LogP contribution in [0.1, 0.15) is 13.8 Å². The fourth-order valence-electron chi connectivity index (χ4n) is 1.07. The molecule has 0 aliphatic carbocycles. The Morgan fingerprint density at radius 3 is 3.00 bits per heavy atom. The molecule has 0 saturated heterocycles. The van der Waals surface area contributed by atoms with Crippen molar-refractivity contribution in [2.75, 3.05) is 19.4 Å². The molecule has 0 aromatic carbocycles. The van der Waals surface area contributed by atoms with Crippen LogP contribution in [0.25, 0.3) is 0 Å². The summed E-state index contributed by atoms with van der Waals surface area (Å²) in [5.74, 6) is 0.326. The molecule has 0 bridgehead atoms. The molecule has 1 rings (SSSR count). The van der Waals surface area contributed by atoms with Crippen molar-refractivity contribution in [3.8, 4) is 0 Å². The zero-order valence-electron chi connectivity index (χ0n) is 9.74. The lowest BCUT2D eigenvalue weighted by Crippen LogP contribution is -2.50. The third kappa shape index (κ3) is 3.24. The second-order valence-electron chi connectivity index (χ2n) is 3.49. The molecule has 0 amide bonds. The highest BCUT2D eigenvalue weighted by Gasteiger charge is 2.33. The van der Waals surface area contributed by atoms with E-state index in [2.05, 4.69) is 15.3 Å². The third-order valence-electron chi connectivity index (χ3n) is 2.25. The maximum atomic E-state index is 11.7. The lowest BCUT2D eigenvalue weighted by Gasteiger charge is -2.25. The number of hydrogen-bond donors (Lipinski definition) is 2. The number of esters is 1. The number of ether oxygens (including phenoxy) is 1. The first kappa shape index (κ1) is 13.1. The number of carbonyl (C=O) groups excluding carboxylic acids is 1. The third-order valence-corrected chi connectivity index (χ3v) is 3.47. The van der Waals surface area contributed by atoms with Crippen molar-refractivity contribution in [2.45, 2.75) is 24.5 Å². The van der Waals surface area contributed by atoms with E-state index in [1.807, 2.05) is 6.92 Å². The number of carbonyl (C=O) groups is 1. The van der Waals surface area contributed by atoms with Gasteiger partial charge < -0.3 is 15.0 Å².